The van der Waals surface area contributed by atoms with Gasteiger partial charge in [-0.1, -0.05) is 25.1 Å². The molecule has 2 aromatic carbocycles. The topological polar surface area (TPSA) is 29.3 Å². The second kappa shape index (κ2) is 7.10. The molecule has 0 spiro atoms. The Morgan fingerprint density at radius 3 is 2.57 bits per heavy atom. The van der Waals surface area contributed by atoms with Crippen molar-refractivity contribution in [1.29, 1.82) is 0 Å². The van der Waals surface area contributed by atoms with Crippen molar-refractivity contribution in [3.63, 3.8) is 0 Å². The van der Waals surface area contributed by atoms with E-state index in [2.05, 4.69) is 84.2 Å². The highest BCUT2D eigenvalue weighted by molar-refractivity contribution is 9.10. The minimum Gasteiger partial charge on any atom is -0.344 e. The Labute approximate surface area is 136 Å². The lowest BCUT2D eigenvalue weighted by molar-refractivity contribution is 0.646. The predicted octanol–water partition coefficient (Wildman–Crippen LogP) is 4.81. The number of anilines is 2. The number of benzene rings is 2. The summed E-state index contributed by atoms with van der Waals surface area (Å²) in [6, 6.07) is 15.2. The fraction of sp³-hybridized carbons (Fsp3) is 0.333. The van der Waals surface area contributed by atoms with Gasteiger partial charge in [0.2, 0.25) is 0 Å². The quantitative estimate of drug-likeness (QED) is 0.841. The Balaban J connectivity index is 2.24. The van der Waals surface area contributed by atoms with Gasteiger partial charge in [-0.15, -0.1) is 0 Å². The standard InChI is InChI=1S/C18H23BrN2/c1-4-15(20)11-14-8-9-18(17(19)12-14)21(3)16-7-5-6-13(2)10-16/h5-10,12,15H,4,11,20H2,1-3H3. The first-order chi connectivity index (χ1) is 10.0. The number of nitrogens with zero attached hydrogens (tertiary/aromatic N) is 1. The molecule has 0 heterocycles. The zero-order valence-electron chi connectivity index (χ0n) is 12.9. The van der Waals surface area contributed by atoms with E-state index in [1.165, 1.54) is 16.8 Å². The first kappa shape index (κ1) is 16.1. The molecule has 21 heavy (non-hydrogen) atoms. The van der Waals surface area contributed by atoms with Crippen molar-refractivity contribution in [2.24, 2.45) is 5.73 Å². The lowest BCUT2D eigenvalue weighted by atomic mass is 10.0. The van der Waals surface area contributed by atoms with Gasteiger partial charge in [0.1, 0.15) is 0 Å². The molecule has 0 aliphatic rings. The van der Waals surface area contributed by atoms with E-state index in [9.17, 15) is 0 Å². The van der Waals surface area contributed by atoms with Crippen molar-refractivity contribution in [2.75, 3.05) is 11.9 Å². The van der Waals surface area contributed by atoms with Crippen LogP contribution in [0.25, 0.3) is 0 Å². The van der Waals surface area contributed by atoms with E-state index in [1.54, 1.807) is 0 Å². The molecule has 3 heteroatoms. The molecular weight excluding hydrogens is 324 g/mol. The van der Waals surface area contributed by atoms with Crippen LogP contribution < -0.4 is 10.6 Å². The zero-order chi connectivity index (χ0) is 15.4. The maximum atomic E-state index is 6.03. The Morgan fingerprint density at radius 1 is 1.19 bits per heavy atom. The number of rotatable bonds is 5. The van der Waals surface area contributed by atoms with Gasteiger partial charge in [-0.2, -0.15) is 0 Å². The van der Waals surface area contributed by atoms with Crippen molar-refractivity contribution < 1.29 is 0 Å². The van der Waals surface area contributed by atoms with E-state index in [1.807, 2.05) is 0 Å². The molecule has 0 amide bonds. The van der Waals surface area contributed by atoms with Crippen LogP contribution in [0.5, 0.6) is 0 Å². The molecule has 2 N–H and O–H groups in total. The summed E-state index contributed by atoms with van der Waals surface area (Å²) in [6.45, 7) is 4.24. The van der Waals surface area contributed by atoms with Crippen LogP contribution in [-0.2, 0) is 6.42 Å². The Morgan fingerprint density at radius 2 is 1.95 bits per heavy atom. The molecule has 2 rings (SSSR count). The number of halogens is 1. The summed E-state index contributed by atoms with van der Waals surface area (Å²) in [7, 11) is 2.09. The van der Waals surface area contributed by atoms with Crippen LogP contribution in [0.1, 0.15) is 24.5 Å². The van der Waals surface area contributed by atoms with Gasteiger partial charge >= 0.3 is 0 Å². The van der Waals surface area contributed by atoms with E-state index in [4.69, 9.17) is 5.73 Å². The van der Waals surface area contributed by atoms with Crippen LogP contribution in [0.3, 0.4) is 0 Å². The lowest BCUT2D eigenvalue weighted by Crippen LogP contribution is -2.21. The van der Waals surface area contributed by atoms with Crippen LogP contribution >= 0.6 is 15.9 Å². The van der Waals surface area contributed by atoms with Gasteiger partial charge in [0, 0.05) is 23.2 Å². The SMILES string of the molecule is CCC(N)Cc1ccc(N(C)c2cccc(C)c2)c(Br)c1. The normalized spacial score (nSPS) is 12.2. The van der Waals surface area contributed by atoms with Crippen molar-refractivity contribution >= 4 is 27.3 Å². The van der Waals surface area contributed by atoms with Crippen molar-refractivity contribution in [1.82, 2.24) is 0 Å². The summed E-state index contributed by atoms with van der Waals surface area (Å²) >= 11 is 3.69. The third-order valence-electron chi connectivity index (χ3n) is 3.78. The van der Waals surface area contributed by atoms with Gasteiger partial charge in [-0.3, -0.25) is 0 Å². The number of hydrogen-bond acceptors (Lipinski definition) is 2. The monoisotopic (exact) mass is 346 g/mol. The molecule has 0 saturated heterocycles. The maximum absolute atomic E-state index is 6.03. The largest absolute Gasteiger partial charge is 0.344 e. The molecule has 112 valence electrons. The van der Waals surface area contributed by atoms with Gasteiger partial charge in [-0.05, 0) is 71.1 Å². The molecule has 0 aliphatic carbocycles. The predicted molar refractivity (Wildman–Crippen MR) is 95.4 cm³/mol. The van der Waals surface area contributed by atoms with Crippen LogP contribution in [0.15, 0.2) is 46.9 Å². The molecule has 0 bridgehead atoms. The second-order valence-corrected chi connectivity index (χ2v) is 6.41. The zero-order valence-corrected chi connectivity index (χ0v) is 14.5. The van der Waals surface area contributed by atoms with Crippen LogP contribution in [0, 0.1) is 6.92 Å². The summed E-state index contributed by atoms with van der Waals surface area (Å²) in [5.74, 6) is 0. The van der Waals surface area contributed by atoms with E-state index in [-0.39, 0.29) is 6.04 Å². The Kier molecular flexibility index (Phi) is 5.43. The molecule has 1 atom stereocenters. The Bertz CT molecular complexity index is 610. The molecule has 0 radical (unpaired) electrons. The average Bonchev–Trinajstić information content (AvgIpc) is 2.46. The van der Waals surface area contributed by atoms with Crippen LogP contribution in [-0.4, -0.2) is 13.1 Å². The third kappa shape index (κ3) is 4.08. The molecule has 0 fully saturated rings. The van der Waals surface area contributed by atoms with E-state index in [0.29, 0.717) is 0 Å². The molecule has 0 aliphatic heterocycles. The molecule has 2 aromatic rings. The highest BCUT2D eigenvalue weighted by atomic mass is 79.9. The van der Waals surface area contributed by atoms with E-state index >= 15 is 0 Å². The first-order valence-electron chi connectivity index (χ1n) is 7.35. The summed E-state index contributed by atoms with van der Waals surface area (Å²) in [5.41, 5.74) is 10.9. The van der Waals surface area contributed by atoms with E-state index < -0.39 is 0 Å². The smallest absolute Gasteiger partial charge is 0.0552 e. The minimum absolute atomic E-state index is 0.234. The summed E-state index contributed by atoms with van der Waals surface area (Å²) in [6.07, 6.45) is 1.92. The summed E-state index contributed by atoms with van der Waals surface area (Å²) in [4.78, 5) is 2.20. The fourth-order valence-corrected chi connectivity index (χ4v) is 3.06. The van der Waals surface area contributed by atoms with Crippen LogP contribution in [0.4, 0.5) is 11.4 Å². The van der Waals surface area contributed by atoms with Crippen molar-refractivity contribution in [3.8, 4) is 0 Å². The molecular formula is C18H23BrN2. The van der Waals surface area contributed by atoms with Gasteiger partial charge < -0.3 is 10.6 Å². The molecule has 0 aromatic heterocycles. The van der Waals surface area contributed by atoms with Gasteiger partial charge in [0.25, 0.3) is 0 Å². The van der Waals surface area contributed by atoms with Gasteiger partial charge in [0.15, 0.2) is 0 Å². The lowest BCUT2D eigenvalue weighted by Gasteiger charge is -2.22. The van der Waals surface area contributed by atoms with E-state index in [0.717, 1.165) is 23.0 Å². The van der Waals surface area contributed by atoms with Crippen LogP contribution in [0.2, 0.25) is 0 Å². The average molecular weight is 347 g/mol. The summed E-state index contributed by atoms with van der Waals surface area (Å²) in [5, 5.41) is 0. The second-order valence-electron chi connectivity index (χ2n) is 5.56. The van der Waals surface area contributed by atoms with Gasteiger partial charge in [-0.25, -0.2) is 0 Å². The fourth-order valence-electron chi connectivity index (χ4n) is 2.37. The number of hydrogen-bond donors (Lipinski definition) is 1. The third-order valence-corrected chi connectivity index (χ3v) is 4.42. The highest BCUT2D eigenvalue weighted by Crippen LogP contribution is 2.32. The van der Waals surface area contributed by atoms with Crippen molar-refractivity contribution in [2.45, 2.75) is 32.7 Å². The molecule has 1 unspecified atom stereocenters. The van der Waals surface area contributed by atoms with Gasteiger partial charge in [0.05, 0.1) is 5.69 Å². The number of aryl methyl sites for hydroxylation is 1. The first-order valence-corrected chi connectivity index (χ1v) is 8.15. The number of nitrogens with two attached hydrogens (primary N) is 1. The summed E-state index contributed by atoms with van der Waals surface area (Å²) < 4.78 is 1.10. The maximum Gasteiger partial charge on any atom is 0.0552 e. The Hall–Kier alpha value is -1.32. The molecule has 0 saturated carbocycles. The molecule has 2 nitrogen and oxygen atoms in total. The highest BCUT2D eigenvalue weighted by Gasteiger charge is 2.10. The van der Waals surface area contributed by atoms with Crippen molar-refractivity contribution in [3.05, 3.63) is 58.1 Å². The minimum atomic E-state index is 0.234.